The molecule has 0 bridgehead atoms. The Bertz CT molecular complexity index is 833. The van der Waals surface area contributed by atoms with Crippen molar-refractivity contribution in [2.75, 3.05) is 13.1 Å². The first kappa shape index (κ1) is 16.2. The molecule has 2 aromatic rings. The molecular weight excluding hydrogens is 336 g/mol. The predicted octanol–water partition coefficient (Wildman–Crippen LogP) is 2.80. The van der Waals surface area contributed by atoms with E-state index in [2.05, 4.69) is 4.98 Å². The lowest BCUT2D eigenvalue weighted by molar-refractivity contribution is 0.0722. The summed E-state index contributed by atoms with van der Waals surface area (Å²) in [5.74, 6) is 0.336. The molecule has 5 nitrogen and oxygen atoms in total. The molecule has 1 aliphatic rings. The van der Waals surface area contributed by atoms with Crippen molar-refractivity contribution in [1.82, 2.24) is 9.29 Å². The van der Waals surface area contributed by atoms with Gasteiger partial charge in [0.1, 0.15) is 11.1 Å². The van der Waals surface area contributed by atoms with Crippen LogP contribution in [0.5, 0.6) is 5.88 Å². The summed E-state index contributed by atoms with van der Waals surface area (Å²) >= 11 is 5.98. The quantitative estimate of drug-likeness (QED) is 0.849. The third kappa shape index (κ3) is 3.20. The fourth-order valence-electron chi connectivity index (χ4n) is 2.31. The molecule has 0 spiro atoms. The Labute approximate surface area is 140 Å². The molecule has 0 aliphatic carbocycles. The number of halogens is 1. The monoisotopic (exact) mass is 352 g/mol. The second kappa shape index (κ2) is 6.11. The molecule has 1 aliphatic heterocycles. The van der Waals surface area contributed by atoms with Crippen LogP contribution in [0.2, 0.25) is 5.02 Å². The van der Waals surface area contributed by atoms with Gasteiger partial charge < -0.3 is 4.74 Å². The summed E-state index contributed by atoms with van der Waals surface area (Å²) in [7, 11) is -3.48. The predicted molar refractivity (Wildman–Crippen MR) is 88.3 cm³/mol. The van der Waals surface area contributed by atoms with Gasteiger partial charge in [-0.25, -0.2) is 13.4 Å². The average molecular weight is 353 g/mol. The van der Waals surface area contributed by atoms with Gasteiger partial charge in [-0.2, -0.15) is 4.31 Å². The van der Waals surface area contributed by atoms with Gasteiger partial charge in [0.15, 0.2) is 0 Å². The van der Waals surface area contributed by atoms with E-state index in [1.54, 1.807) is 30.5 Å². The Kier molecular flexibility index (Phi) is 4.31. The van der Waals surface area contributed by atoms with Crippen LogP contribution in [0.3, 0.4) is 0 Å². The molecule has 122 valence electrons. The molecule has 1 fully saturated rings. The molecule has 0 N–H and O–H groups in total. The van der Waals surface area contributed by atoms with Crippen LogP contribution >= 0.6 is 11.6 Å². The van der Waals surface area contributed by atoms with Crippen LogP contribution < -0.4 is 4.74 Å². The highest BCUT2D eigenvalue weighted by atomic mass is 35.5. The van der Waals surface area contributed by atoms with Crippen LogP contribution in [0.15, 0.2) is 41.4 Å². The summed E-state index contributed by atoms with van der Waals surface area (Å²) in [5, 5.41) is 0.419. The fourth-order valence-corrected chi connectivity index (χ4v) is 4.07. The van der Waals surface area contributed by atoms with Gasteiger partial charge in [-0.15, -0.1) is 0 Å². The molecule has 0 radical (unpaired) electrons. The van der Waals surface area contributed by atoms with E-state index in [0.29, 0.717) is 28.9 Å². The lowest BCUT2D eigenvalue weighted by Gasteiger charge is -2.37. The highest BCUT2D eigenvalue weighted by Crippen LogP contribution is 2.27. The molecule has 0 amide bonds. The number of sulfonamides is 1. The van der Waals surface area contributed by atoms with Crippen molar-refractivity contribution in [2.45, 2.75) is 24.8 Å². The van der Waals surface area contributed by atoms with Gasteiger partial charge in [-0.05, 0) is 49.2 Å². The van der Waals surface area contributed by atoms with Crippen molar-refractivity contribution in [1.29, 1.82) is 0 Å². The number of benzene rings is 1. The van der Waals surface area contributed by atoms with Gasteiger partial charge in [-0.3, -0.25) is 0 Å². The summed E-state index contributed by atoms with van der Waals surface area (Å²) in [6.07, 6.45) is 1.35. The molecule has 7 heteroatoms. The Morgan fingerprint density at radius 2 is 1.96 bits per heavy atom. The number of pyridine rings is 1. The number of aryl methyl sites for hydroxylation is 2. The third-order valence-corrected chi connectivity index (χ3v) is 6.05. The van der Waals surface area contributed by atoms with Crippen molar-refractivity contribution >= 4 is 21.6 Å². The van der Waals surface area contributed by atoms with E-state index in [1.165, 1.54) is 4.31 Å². The highest BCUT2D eigenvalue weighted by Gasteiger charge is 2.38. The molecule has 0 atom stereocenters. The lowest BCUT2D eigenvalue weighted by atomic mass is 10.1. The minimum absolute atomic E-state index is 0.233. The van der Waals surface area contributed by atoms with E-state index < -0.39 is 10.0 Å². The maximum Gasteiger partial charge on any atom is 0.243 e. The van der Waals surface area contributed by atoms with Gasteiger partial charge in [-0.1, -0.05) is 17.7 Å². The number of hydrogen-bond donors (Lipinski definition) is 0. The second-order valence-corrected chi connectivity index (χ2v) is 7.94. The van der Waals surface area contributed by atoms with Crippen molar-refractivity contribution in [3.63, 3.8) is 0 Å². The van der Waals surface area contributed by atoms with E-state index in [4.69, 9.17) is 16.3 Å². The summed E-state index contributed by atoms with van der Waals surface area (Å²) < 4.78 is 32.2. The second-order valence-electron chi connectivity index (χ2n) is 5.60. The zero-order valence-electron chi connectivity index (χ0n) is 12.9. The first-order chi connectivity index (χ1) is 10.9. The van der Waals surface area contributed by atoms with Gasteiger partial charge in [0.05, 0.1) is 18.0 Å². The van der Waals surface area contributed by atoms with Crippen LogP contribution in [0.4, 0.5) is 0 Å². The molecule has 2 heterocycles. The van der Waals surface area contributed by atoms with Crippen molar-refractivity contribution in [2.24, 2.45) is 0 Å². The number of nitrogens with zero attached hydrogens (tertiary/aromatic N) is 2. The standard InChI is InChI=1S/C16H17ClN2O3S/c1-11-5-6-14(8-12(11)2)23(20,21)19-9-13(10-19)22-16-15(17)4-3-7-18-16/h3-8,13H,9-10H2,1-2H3. The first-order valence-corrected chi connectivity index (χ1v) is 9.04. The first-order valence-electron chi connectivity index (χ1n) is 7.22. The van der Waals surface area contributed by atoms with Gasteiger partial charge in [0.2, 0.25) is 15.9 Å². The maximum atomic E-state index is 12.6. The largest absolute Gasteiger partial charge is 0.470 e. The molecule has 3 rings (SSSR count). The normalized spacial score (nSPS) is 16.1. The topological polar surface area (TPSA) is 59.5 Å². The van der Waals surface area contributed by atoms with E-state index in [9.17, 15) is 8.42 Å². The molecule has 1 saturated heterocycles. The van der Waals surface area contributed by atoms with Gasteiger partial charge >= 0.3 is 0 Å². The minimum Gasteiger partial charge on any atom is -0.470 e. The van der Waals surface area contributed by atoms with E-state index in [0.717, 1.165) is 11.1 Å². The summed E-state index contributed by atoms with van der Waals surface area (Å²) in [6.45, 7) is 4.44. The zero-order valence-corrected chi connectivity index (χ0v) is 14.4. The van der Waals surface area contributed by atoms with Gasteiger partial charge in [0.25, 0.3) is 0 Å². The molecule has 0 saturated carbocycles. The molecule has 0 unspecified atom stereocenters. The Morgan fingerprint density at radius 1 is 1.22 bits per heavy atom. The SMILES string of the molecule is Cc1ccc(S(=O)(=O)N2CC(Oc3ncccc3Cl)C2)cc1C. The van der Waals surface area contributed by atoms with Gasteiger partial charge in [0, 0.05) is 6.20 Å². The van der Waals surface area contributed by atoms with Crippen LogP contribution in [-0.2, 0) is 10.0 Å². The van der Waals surface area contributed by atoms with Crippen LogP contribution in [0.1, 0.15) is 11.1 Å². The van der Waals surface area contributed by atoms with Crippen LogP contribution in [0, 0.1) is 13.8 Å². The smallest absolute Gasteiger partial charge is 0.243 e. The number of aromatic nitrogens is 1. The highest BCUT2D eigenvalue weighted by molar-refractivity contribution is 7.89. The van der Waals surface area contributed by atoms with Crippen molar-refractivity contribution in [3.8, 4) is 5.88 Å². The van der Waals surface area contributed by atoms with E-state index >= 15 is 0 Å². The Morgan fingerprint density at radius 3 is 2.61 bits per heavy atom. The van der Waals surface area contributed by atoms with Crippen molar-refractivity contribution in [3.05, 3.63) is 52.7 Å². The van der Waals surface area contributed by atoms with Crippen LogP contribution in [-0.4, -0.2) is 36.9 Å². The molecule has 1 aromatic carbocycles. The molecule has 1 aromatic heterocycles. The van der Waals surface area contributed by atoms with E-state index in [1.807, 2.05) is 19.9 Å². The maximum absolute atomic E-state index is 12.6. The van der Waals surface area contributed by atoms with Crippen LogP contribution in [0.25, 0.3) is 0 Å². The number of rotatable bonds is 4. The van der Waals surface area contributed by atoms with Crippen molar-refractivity contribution < 1.29 is 13.2 Å². The average Bonchev–Trinajstić information content (AvgIpc) is 2.46. The minimum atomic E-state index is -3.48. The lowest BCUT2D eigenvalue weighted by Crippen LogP contribution is -2.56. The molecule has 23 heavy (non-hydrogen) atoms. The molecular formula is C16H17ClN2O3S. The third-order valence-electron chi connectivity index (χ3n) is 3.93. The Hall–Kier alpha value is -1.63. The van der Waals surface area contributed by atoms with E-state index in [-0.39, 0.29) is 6.10 Å². The number of ether oxygens (including phenoxy) is 1. The summed E-state index contributed by atoms with van der Waals surface area (Å²) in [5.41, 5.74) is 2.03. The number of hydrogen-bond acceptors (Lipinski definition) is 4. The summed E-state index contributed by atoms with van der Waals surface area (Å²) in [6, 6.07) is 8.57. The Balaban J connectivity index is 1.68. The zero-order chi connectivity index (χ0) is 16.6. The summed E-state index contributed by atoms with van der Waals surface area (Å²) in [4.78, 5) is 4.36. The fraction of sp³-hybridized carbons (Fsp3) is 0.312.